The Balaban J connectivity index is 1.57. The standard InChI is InChI=1S/C16H31N3O5S/c1-3-6-17-9-11-18(12-10-17)7-4-5-8-19-13-15(24-16(19)20)14-23-25(2,21)22/h15H,3-14H2,1-2H3. The Morgan fingerprint density at radius 1 is 1.08 bits per heavy atom. The van der Waals surface area contributed by atoms with E-state index >= 15 is 0 Å². The van der Waals surface area contributed by atoms with Crippen LogP contribution in [0.4, 0.5) is 4.79 Å². The summed E-state index contributed by atoms with van der Waals surface area (Å²) < 4.78 is 31.8. The Bertz CT molecular complexity index is 520. The molecule has 2 aliphatic rings. The van der Waals surface area contributed by atoms with Gasteiger partial charge in [0.15, 0.2) is 0 Å². The highest BCUT2D eigenvalue weighted by Crippen LogP contribution is 2.13. The highest BCUT2D eigenvalue weighted by Gasteiger charge is 2.31. The number of amides is 1. The van der Waals surface area contributed by atoms with Crippen molar-refractivity contribution in [3.05, 3.63) is 0 Å². The molecule has 0 radical (unpaired) electrons. The summed E-state index contributed by atoms with van der Waals surface area (Å²) in [7, 11) is -3.51. The molecule has 2 saturated heterocycles. The quantitative estimate of drug-likeness (QED) is 0.407. The van der Waals surface area contributed by atoms with Crippen LogP contribution in [-0.4, -0.2) is 101 Å². The minimum absolute atomic E-state index is 0.108. The highest BCUT2D eigenvalue weighted by atomic mass is 32.2. The first-order chi connectivity index (χ1) is 11.9. The van der Waals surface area contributed by atoms with Crippen LogP contribution in [-0.2, 0) is 19.0 Å². The number of unbranched alkanes of at least 4 members (excludes halogenated alkanes) is 1. The van der Waals surface area contributed by atoms with E-state index in [1.54, 1.807) is 4.90 Å². The van der Waals surface area contributed by atoms with Crippen molar-refractivity contribution in [2.45, 2.75) is 32.3 Å². The van der Waals surface area contributed by atoms with Crippen molar-refractivity contribution in [2.75, 3.05) is 65.2 Å². The second kappa shape index (κ2) is 9.70. The monoisotopic (exact) mass is 377 g/mol. The lowest BCUT2D eigenvalue weighted by Crippen LogP contribution is -2.46. The molecule has 0 aliphatic carbocycles. The predicted octanol–water partition coefficient (Wildman–Crippen LogP) is 0.591. The van der Waals surface area contributed by atoms with Gasteiger partial charge in [-0.25, -0.2) is 4.79 Å². The molecule has 0 saturated carbocycles. The molecule has 2 heterocycles. The summed E-state index contributed by atoms with van der Waals surface area (Å²) in [6.07, 6.45) is 3.28. The van der Waals surface area contributed by atoms with Crippen molar-refractivity contribution in [2.24, 2.45) is 0 Å². The van der Waals surface area contributed by atoms with Crippen molar-refractivity contribution in [3.63, 3.8) is 0 Å². The van der Waals surface area contributed by atoms with Crippen LogP contribution in [0.3, 0.4) is 0 Å². The summed E-state index contributed by atoms with van der Waals surface area (Å²) in [6, 6.07) is 0. The van der Waals surface area contributed by atoms with E-state index in [-0.39, 0.29) is 12.7 Å². The lowest BCUT2D eigenvalue weighted by molar-refractivity contribution is 0.104. The summed E-state index contributed by atoms with van der Waals surface area (Å²) in [5, 5.41) is 0. The zero-order valence-electron chi connectivity index (χ0n) is 15.4. The molecule has 0 aromatic heterocycles. The molecule has 0 spiro atoms. The van der Waals surface area contributed by atoms with Crippen molar-refractivity contribution < 1.29 is 22.1 Å². The Kier molecular flexibility index (Phi) is 7.92. The van der Waals surface area contributed by atoms with Gasteiger partial charge in [-0.05, 0) is 32.4 Å². The Morgan fingerprint density at radius 2 is 1.68 bits per heavy atom. The van der Waals surface area contributed by atoms with Gasteiger partial charge in [0.2, 0.25) is 0 Å². The molecule has 0 N–H and O–H groups in total. The average Bonchev–Trinajstić information content (AvgIpc) is 2.91. The zero-order valence-corrected chi connectivity index (χ0v) is 16.2. The normalized spacial score (nSPS) is 23.2. The van der Waals surface area contributed by atoms with Crippen molar-refractivity contribution in [1.82, 2.24) is 14.7 Å². The van der Waals surface area contributed by atoms with Crippen LogP contribution in [0.15, 0.2) is 0 Å². The lowest BCUT2D eigenvalue weighted by Gasteiger charge is -2.34. The molecule has 146 valence electrons. The molecule has 1 amide bonds. The molecule has 0 bridgehead atoms. The number of carbonyl (C=O) groups excluding carboxylic acids is 1. The largest absolute Gasteiger partial charge is 0.442 e. The summed E-state index contributed by atoms with van der Waals surface area (Å²) in [5.74, 6) is 0. The number of hydrogen-bond acceptors (Lipinski definition) is 7. The van der Waals surface area contributed by atoms with Gasteiger partial charge in [0.05, 0.1) is 12.8 Å². The maximum Gasteiger partial charge on any atom is 0.410 e. The molecule has 25 heavy (non-hydrogen) atoms. The number of hydrogen-bond donors (Lipinski definition) is 0. The van der Waals surface area contributed by atoms with Crippen LogP contribution in [0.25, 0.3) is 0 Å². The van der Waals surface area contributed by atoms with E-state index in [1.807, 2.05) is 0 Å². The first-order valence-electron chi connectivity index (χ1n) is 9.12. The molecular formula is C16H31N3O5S. The number of nitrogens with zero attached hydrogens (tertiary/aromatic N) is 3. The number of ether oxygens (including phenoxy) is 1. The van der Waals surface area contributed by atoms with Crippen LogP contribution in [0.1, 0.15) is 26.2 Å². The number of piperazine rings is 1. The van der Waals surface area contributed by atoms with Gasteiger partial charge in [-0.3, -0.25) is 4.18 Å². The fourth-order valence-electron chi connectivity index (χ4n) is 3.23. The molecule has 1 unspecified atom stereocenters. The van der Waals surface area contributed by atoms with Gasteiger partial charge >= 0.3 is 6.09 Å². The van der Waals surface area contributed by atoms with Gasteiger partial charge in [0.25, 0.3) is 10.1 Å². The second-order valence-corrected chi connectivity index (χ2v) is 8.47. The second-order valence-electron chi connectivity index (χ2n) is 6.83. The topological polar surface area (TPSA) is 79.4 Å². The molecule has 1 atom stereocenters. The van der Waals surface area contributed by atoms with Gasteiger partial charge in [0.1, 0.15) is 12.7 Å². The van der Waals surface area contributed by atoms with Gasteiger partial charge in [-0.15, -0.1) is 0 Å². The lowest BCUT2D eigenvalue weighted by atomic mass is 10.2. The van der Waals surface area contributed by atoms with Crippen LogP contribution in [0.2, 0.25) is 0 Å². The summed E-state index contributed by atoms with van der Waals surface area (Å²) in [4.78, 5) is 18.4. The van der Waals surface area contributed by atoms with Crippen molar-refractivity contribution >= 4 is 16.2 Å². The molecule has 8 nitrogen and oxygen atoms in total. The van der Waals surface area contributed by atoms with Crippen LogP contribution in [0, 0.1) is 0 Å². The fraction of sp³-hybridized carbons (Fsp3) is 0.938. The third kappa shape index (κ3) is 7.47. The Hall–Kier alpha value is -0.900. The van der Waals surface area contributed by atoms with Crippen molar-refractivity contribution in [3.8, 4) is 0 Å². The van der Waals surface area contributed by atoms with Gasteiger partial charge in [0, 0.05) is 32.7 Å². The maximum absolute atomic E-state index is 11.8. The van der Waals surface area contributed by atoms with E-state index in [0.717, 1.165) is 51.8 Å². The maximum atomic E-state index is 11.8. The smallest absolute Gasteiger partial charge is 0.410 e. The molecule has 2 aliphatic heterocycles. The molecule has 2 fully saturated rings. The minimum Gasteiger partial charge on any atom is -0.442 e. The van der Waals surface area contributed by atoms with E-state index in [1.165, 1.54) is 13.0 Å². The van der Waals surface area contributed by atoms with Crippen LogP contribution in [0.5, 0.6) is 0 Å². The van der Waals surface area contributed by atoms with E-state index in [9.17, 15) is 13.2 Å². The predicted molar refractivity (Wildman–Crippen MR) is 95.0 cm³/mol. The first kappa shape index (κ1) is 20.4. The molecule has 0 aromatic rings. The van der Waals surface area contributed by atoms with E-state index in [2.05, 4.69) is 16.7 Å². The zero-order chi connectivity index (χ0) is 18.3. The van der Waals surface area contributed by atoms with Crippen molar-refractivity contribution in [1.29, 1.82) is 0 Å². The number of carbonyl (C=O) groups is 1. The van der Waals surface area contributed by atoms with E-state index < -0.39 is 16.2 Å². The Morgan fingerprint density at radius 3 is 2.28 bits per heavy atom. The van der Waals surface area contributed by atoms with Crippen LogP contribution >= 0.6 is 0 Å². The van der Waals surface area contributed by atoms with E-state index in [4.69, 9.17) is 8.92 Å². The molecule has 9 heteroatoms. The minimum atomic E-state index is -3.51. The number of rotatable bonds is 10. The molecule has 0 aromatic carbocycles. The third-order valence-corrected chi connectivity index (χ3v) is 5.14. The first-order valence-corrected chi connectivity index (χ1v) is 10.9. The average molecular weight is 378 g/mol. The van der Waals surface area contributed by atoms with Crippen LogP contribution < -0.4 is 0 Å². The fourth-order valence-corrected chi connectivity index (χ4v) is 3.63. The number of cyclic esters (lactones) is 1. The molecule has 2 rings (SSSR count). The SMILES string of the molecule is CCCN1CCN(CCCCN2CC(COS(C)(=O)=O)OC2=O)CC1. The Labute approximate surface area is 151 Å². The van der Waals surface area contributed by atoms with Gasteiger partial charge in [-0.1, -0.05) is 6.92 Å². The summed E-state index contributed by atoms with van der Waals surface area (Å²) >= 11 is 0. The van der Waals surface area contributed by atoms with Gasteiger partial charge in [-0.2, -0.15) is 8.42 Å². The molecular weight excluding hydrogens is 346 g/mol. The van der Waals surface area contributed by atoms with E-state index in [0.29, 0.717) is 13.1 Å². The van der Waals surface area contributed by atoms with Gasteiger partial charge < -0.3 is 19.4 Å². The highest BCUT2D eigenvalue weighted by molar-refractivity contribution is 7.85. The third-order valence-electron chi connectivity index (χ3n) is 4.57. The summed E-state index contributed by atoms with van der Waals surface area (Å²) in [5.41, 5.74) is 0. The summed E-state index contributed by atoms with van der Waals surface area (Å²) in [6.45, 7) is 9.93.